The van der Waals surface area contributed by atoms with Crippen LogP contribution in [0.1, 0.15) is 0 Å². The average molecular weight is 211 g/mol. The van der Waals surface area contributed by atoms with Crippen LogP contribution in [0, 0.1) is 5.82 Å². The number of anilines is 1. The molecular formula is C9H10FN3O2. The number of carbonyl (C=O) groups is 2. The number of nitrogens with two attached hydrogens (primary N) is 1. The fourth-order valence-corrected chi connectivity index (χ4v) is 0.939. The Kier molecular flexibility index (Phi) is 3.61. The third-order valence-electron chi connectivity index (χ3n) is 1.53. The molecule has 1 aromatic rings. The minimum Gasteiger partial charge on any atom is -0.352 e. The van der Waals surface area contributed by atoms with E-state index in [4.69, 9.17) is 5.73 Å². The zero-order chi connectivity index (χ0) is 11.3. The van der Waals surface area contributed by atoms with Crippen LogP contribution in [-0.2, 0) is 4.79 Å². The van der Waals surface area contributed by atoms with Crippen LogP contribution in [0.4, 0.5) is 14.9 Å². The monoisotopic (exact) mass is 211 g/mol. The van der Waals surface area contributed by atoms with Crippen LogP contribution < -0.4 is 16.4 Å². The van der Waals surface area contributed by atoms with E-state index in [0.29, 0.717) is 5.69 Å². The molecule has 0 bridgehead atoms. The van der Waals surface area contributed by atoms with Gasteiger partial charge in [-0.25, -0.2) is 9.18 Å². The van der Waals surface area contributed by atoms with Crippen molar-refractivity contribution in [2.45, 2.75) is 0 Å². The Morgan fingerprint density at radius 3 is 2.73 bits per heavy atom. The van der Waals surface area contributed by atoms with Crippen molar-refractivity contribution in [2.24, 2.45) is 5.73 Å². The Morgan fingerprint density at radius 2 is 2.13 bits per heavy atom. The highest BCUT2D eigenvalue weighted by atomic mass is 19.1. The molecule has 5 nitrogen and oxygen atoms in total. The normalized spacial score (nSPS) is 9.40. The first kappa shape index (κ1) is 11.0. The lowest BCUT2D eigenvalue weighted by Crippen LogP contribution is -2.36. The maximum Gasteiger partial charge on any atom is 0.312 e. The summed E-state index contributed by atoms with van der Waals surface area (Å²) in [6.07, 6.45) is 0. The summed E-state index contributed by atoms with van der Waals surface area (Å²) < 4.78 is 12.7. The summed E-state index contributed by atoms with van der Waals surface area (Å²) in [5.41, 5.74) is 5.09. The summed E-state index contributed by atoms with van der Waals surface area (Å²) in [5, 5.41) is 4.50. The second kappa shape index (κ2) is 4.94. The molecule has 80 valence electrons. The quantitative estimate of drug-likeness (QED) is 0.677. The molecule has 1 rings (SSSR count). The molecular weight excluding hydrogens is 201 g/mol. The van der Waals surface area contributed by atoms with Gasteiger partial charge in [0.2, 0.25) is 5.91 Å². The second-order valence-corrected chi connectivity index (χ2v) is 2.78. The van der Waals surface area contributed by atoms with E-state index in [9.17, 15) is 14.0 Å². The predicted octanol–water partition coefficient (Wildman–Crippen LogP) is 0.432. The lowest BCUT2D eigenvalue weighted by Gasteiger charge is -2.04. The largest absolute Gasteiger partial charge is 0.352 e. The molecule has 0 heterocycles. The molecule has 0 saturated carbocycles. The van der Waals surface area contributed by atoms with Crippen LogP contribution in [0.3, 0.4) is 0 Å². The van der Waals surface area contributed by atoms with E-state index >= 15 is 0 Å². The van der Waals surface area contributed by atoms with Gasteiger partial charge in [0.25, 0.3) is 0 Å². The van der Waals surface area contributed by atoms with Crippen LogP contribution in [0.25, 0.3) is 0 Å². The van der Waals surface area contributed by atoms with E-state index in [1.54, 1.807) is 0 Å². The Labute approximate surface area is 85.5 Å². The number of hydrogen-bond acceptors (Lipinski definition) is 2. The molecule has 0 unspecified atom stereocenters. The highest BCUT2D eigenvalue weighted by Gasteiger charge is 2.03. The molecule has 0 saturated heterocycles. The van der Waals surface area contributed by atoms with E-state index < -0.39 is 17.8 Å². The summed E-state index contributed by atoms with van der Waals surface area (Å²) in [5.74, 6) is -0.921. The summed E-state index contributed by atoms with van der Waals surface area (Å²) in [6, 6.07) is 4.64. The molecule has 0 aliphatic rings. The first-order valence-electron chi connectivity index (χ1n) is 4.16. The molecule has 0 atom stereocenters. The summed E-state index contributed by atoms with van der Waals surface area (Å²) in [4.78, 5) is 21.4. The maximum atomic E-state index is 12.7. The standard InChI is InChI=1S/C9H10FN3O2/c10-6-2-1-3-7(4-6)13-8(14)5-12-9(11)15/h1-4H,5H2,(H,13,14)(H3,11,12,15). The van der Waals surface area contributed by atoms with Gasteiger partial charge in [-0.2, -0.15) is 0 Å². The van der Waals surface area contributed by atoms with Gasteiger partial charge in [0.15, 0.2) is 0 Å². The number of rotatable bonds is 3. The van der Waals surface area contributed by atoms with E-state index in [1.165, 1.54) is 24.3 Å². The first-order valence-corrected chi connectivity index (χ1v) is 4.16. The van der Waals surface area contributed by atoms with Crippen LogP contribution in [0.15, 0.2) is 24.3 Å². The van der Waals surface area contributed by atoms with Crippen molar-refractivity contribution in [3.63, 3.8) is 0 Å². The molecule has 3 amide bonds. The van der Waals surface area contributed by atoms with Crippen molar-refractivity contribution in [3.05, 3.63) is 30.1 Å². The van der Waals surface area contributed by atoms with Gasteiger partial charge in [0.1, 0.15) is 5.82 Å². The van der Waals surface area contributed by atoms with Crippen molar-refractivity contribution in [1.29, 1.82) is 0 Å². The average Bonchev–Trinajstić information content (AvgIpc) is 2.15. The predicted molar refractivity (Wildman–Crippen MR) is 52.6 cm³/mol. The zero-order valence-corrected chi connectivity index (χ0v) is 7.79. The van der Waals surface area contributed by atoms with Crippen molar-refractivity contribution in [2.75, 3.05) is 11.9 Å². The molecule has 4 N–H and O–H groups in total. The Hall–Kier alpha value is -2.11. The Balaban J connectivity index is 2.48. The van der Waals surface area contributed by atoms with Gasteiger partial charge in [-0.05, 0) is 18.2 Å². The van der Waals surface area contributed by atoms with E-state index in [1.807, 2.05) is 0 Å². The minimum atomic E-state index is -0.788. The second-order valence-electron chi connectivity index (χ2n) is 2.78. The number of carbonyl (C=O) groups excluding carboxylic acids is 2. The Bertz CT molecular complexity index is 381. The van der Waals surface area contributed by atoms with Crippen LogP contribution in [0.5, 0.6) is 0 Å². The fourth-order valence-electron chi connectivity index (χ4n) is 0.939. The maximum absolute atomic E-state index is 12.7. The van der Waals surface area contributed by atoms with Crippen molar-refractivity contribution in [1.82, 2.24) is 5.32 Å². The third-order valence-corrected chi connectivity index (χ3v) is 1.53. The molecule has 0 spiro atoms. The van der Waals surface area contributed by atoms with Gasteiger partial charge < -0.3 is 16.4 Å². The number of benzene rings is 1. The van der Waals surface area contributed by atoms with E-state index in [0.717, 1.165) is 0 Å². The Morgan fingerprint density at radius 1 is 1.40 bits per heavy atom. The first-order chi connectivity index (χ1) is 7.08. The number of amides is 3. The lowest BCUT2D eigenvalue weighted by molar-refractivity contribution is -0.115. The lowest BCUT2D eigenvalue weighted by atomic mass is 10.3. The molecule has 15 heavy (non-hydrogen) atoms. The van der Waals surface area contributed by atoms with Crippen molar-refractivity contribution >= 4 is 17.6 Å². The molecule has 0 aromatic heterocycles. The topological polar surface area (TPSA) is 84.2 Å². The highest BCUT2D eigenvalue weighted by Crippen LogP contribution is 2.08. The van der Waals surface area contributed by atoms with Crippen LogP contribution in [0.2, 0.25) is 0 Å². The number of nitrogens with one attached hydrogen (secondary N) is 2. The number of hydrogen-bond donors (Lipinski definition) is 3. The number of primary amides is 1. The molecule has 6 heteroatoms. The smallest absolute Gasteiger partial charge is 0.312 e. The van der Waals surface area contributed by atoms with Crippen molar-refractivity contribution < 1.29 is 14.0 Å². The van der Waals surface area contributed by atoms with E-state index in [-0.39, 0.29) is 6.54 Å². The van der Waals surface area contributed by atoms with Gasteiger partial charge in [-0.3, -0.25) is 4.79 Å². The van der Waals surface area contributed by atoms with Gasteiger partial charge >= 0.3 is 6.03 Å². The van der Waals surface area contributed by atoms with Gasteiger partial charge in [-0.1, -0.05) is 6.07 Å². The molecule has 0 aliphatic carbocycles. The molecule has 0 radical (unpaired) electrons. The number of halogens is 1. The van der Waals surface area contributed by atoms with Crippen LogP contribution >= 0.6 is 0 Å². The van der Waals surface area contributed by atoms with Crippen LogP contribution in [-0.4, -0.2) is 18.5 Å². The fraction of sp³-hybridized carbons (Fsp3) is 0.111. The highest BCUT2D eigenvalue weighted by molar-refractivity contribution is 5.94. The third kappa shape index (κ3) is 4.08. The summed E-state index contributed by atoms with van der Waals surface area (Å²) in [7, 11) is 0. The molecule has 0 fully saturated rings. The van der Waals surface area contributed by atoms with Gasteiger partial charge in [0, 0.05) is 5.69 Å². The minimum absolute atomic E-state index is 0.244. The van der Waals surface area contributed by atoms with Gasteiger partial charge in [0.05, 0.1) is 6.54 Å². The summed E-state index contributed by atoms with van der Waals surface area (Å²) in [6.45, 7) is -0.244. The number of urea groups is 1. The SMILES string of the molecule is NC(=O)NCC(=O)Nc1cccc(F)c1. The molecule has 0 aliphatic heterocycles. The van der Waals surface area contributed by atoms with E-state index in [2.05, 4.69) is 10.6 Å². The van der Waals surface area contributed by atoms with Gasteiger partial charge in [-0.15, -0.1) is 0 Å². The van der Waals surface area contributed by atoms with Crippen molar-refractivity contribution in [3.8, 4) is 0 Å². The zero-order valence-electron chi connectivity index (χ0n) is 7.79. The summed E-state index contributed by atoms with van der Waals surface area (Å²) >= 11 is 0. The molecule has 1 aromatic carbocycles.